The molecule has 1 saturated carbocycles. The number of carbonyl (C=O) groups is 1. The molecular formula is C22H31N5O5S. The Morgan fingerprint density at radius 3 is 2.55 bits per heavy atom. The number of nitrogens with one attached hydrogen (secondary N) is 1. The second-order valence-electron chi connectivity index (χ2n) is 8.73. The number of H-pyrrole nitrogens is 1. The van der Waals surface area contributed by atoms with Crippen LogP contribution in [-0.4, -0.2) is 84.2 Å². The van der Waals surface area contributed by atoms with Gasteiger partial charge in [0.2, 0.25) is 0 Å². The molecule has 180 valence electrons. The molecule has 1 aromatic heterocycles. The molecule has 0 spiro atoms. The number of hydrogen-bond acceptors (Lipinski definition) is 7. The maximum Gasteiger partial charge on any atom is 0.337 e. The van der Waals surface area contributed by atoms with Crippen LogP contribution < -0.4 is 5.56 Å². The van der Waals surface area contributed by atoms with Gasteiger partial charge in [0.05, 0.1) is 30.1 Å². The Hall–Kier alpha value is -2.34. The number of rotatable bonds is 6. The van der Waals surface area contributed by atoms with E-state index in [1.54, 1.807) is 27.8 Å². The van der Waals surface area contributed by atoms with Crippen LogP contribution in [0.1, 0.15) is 48.3 Å². The van der Waals surface area contributed by atoms with E-state index < -0.39 is 16.2 Å². The van der Waals surface area contributed by atoms with Crippen LogP contribution >= 0.6 is 0 Å². The fourth-order valence-corrected chi connectivity index (χ4v) is 6.23. The SMILES string of the molecule is COC(=O)c1ccc2c(=O)[nH]c(CN3CCN(S(=O)(=O)N(C)C4CCCCC4)CC3)nc2c1. The lowest BCUT2D eigenvalue weighted by Gasteiger charge is -2.38. The first-order chi connectivity index (χ1) is 15.8. The third-order valence-electron chi connectivity index (χ3n) is 6.66. The highest BCUT2D eigenvalue weighted by molar-refractivity contribution is 7.86. The van der Waals surface area contributed by atoms with E-state index in [2.05, 4.69) is 14.9 Å². The minimum absolute atomic E-state index is 0.0866. The summed E-state index contributed by atoms with van der Waals surface area (Å²) in [6.07, 6.45) is 5.19. The standard InChI is InChI=1S/C22H31N5O5S/c1-25(17-6-4-3-5-7-17)33(30,31)27-12-10-26(11-13-27)15-20-23-19-14-16(22(29)32-2)8-9-18(19)21(28)24-20/h8-9,14,17H,3-7,10-13,15H2,1-2H3,(H,23,24,28). The van der Waals surface area contributed by atoms with Crippen LogP contribution in [-0.2, 0) is 21.5 Å². The van der Waals surface area contributed by atoms with Crippen LogP contribution in [0.2, 0.25) is 0 Å². The quantitative estimate of drug-likeness (QED) is 0.624. The van der Waals surface area contributed by atoms with Crippen molar-refractivity contribution < 1.29 is 17.9 Å². The topological polar surface area (TPSA) is 116 Å². The van der Waals surface area contributed by atoms with Crippen molar-refractivity contribution in [3.05, 3.63) is 39.9 Å². The highest BCUT2D eigenvalue weighted by Gasteiger charge is 2.34. The van der Waals surface area contributed by atoms with Crippen LogP contribution in [0.4, 0.5) is 0 Å². The third-order valence-corrected chi connectivity index (χ3v) is 8.70. The fraction of sp³-hybridized carbons (Fsp3) is 0.591. The lowest BCUT2D eigenvalue weighted by molar-refractivity contribution is 0.0601. The molecular weight excluding hydrogens is 446 g/mol. The molecule has 0 amide bonds. The summed E-state index contributed by atoms with van der Waals surface area (Å²) in [5, 5.41) is 0.396. The van der Waals surface area contributed by atoms with Crippen LogP contribution in [0, 0.1) is 0 Å². The van der Waals surface area contributed by atoms with Gasteiger partial charge in [0, 0.05) is 39.3 Å². The summed E-state index contributed by atoms with van der Waals surface area (Å²) in [4.78, 5) is 33.7. The molecule has 11 heteroatoms. The predicted octanol–water partition coefficient (Wildman–Crippen LogP) is 1.34. The Morgan fingerprint density at radius 1 is 1.18 bits per heavy atom. The zero-order valence-corrected chi connectivity index (χ0v) is 19.9. The molecule has 4 rings (SSSR count). The Bertz CT molecular complexity index is 1170. The van der Waals surface area contributed by atoms with E-state index in [-0.39, 0.29) is 11.6 Å². The molecule has 2 fully saturated rings. The molecule has 0 radical (unpaired) electrons. The summed E-state index contributed by atoms with van der Waals surface area (Å²) < 4.78 is 34.0. The molecule has 2 aromatic rings. The second-order valence-corrected chi connectivity index (χ2v) is 10.7. The summed E-state index contributed by atoms with van der Waals surface area (Å²) in [7, 11) is -0.486. The molecule has 2 aliphatic rings. The van der Waals surface area contributed by atoms with Gasteiger partial charge in [-0.05, 0) is 31.0 Å². The highest BCUT2D eigenvalue weighted by Crippen LogP contribution is 2.25. The minimum Gasteiger partial charge on any atom is -0.465 e. The van der Waals surface area contributed by atoms with Gasteiger partial charge in [-0.1, -0.05) is 19.3 Å². The maximum absolute atomic E-state index is 13.1. The Kier molecular flexibility index (Phi) is 7.13. The second kappa shape index (κ2) is 9.88. The van der Waals surface area contributed by atoms with E-state index in [0.717, 1.165) is 25.7 Å². The zero-order chi connectivity index (χ0) is 23.6. The number of ether oxygens (including phenoxy) is 1. The van der Waals surface area contributed by atoms with Crippen molar-refractivity contribution in [3.63, 3.8) is 0 Å². The molecule has 1 saturated heterocycles. The van der Waals surface area contributed by atoms with Gasteiger partial charge in [-0.2, -0.15) is 17.0 Å². The number of nitrogens with zero attached hydrogens (tertiary/aromatic N) is 4. The van der Waals surface area contributed by atoms with Crippen LogP contribution in [0.15, 0.2) is 23.0 Å². The molecule has 1 aliphatic heterocycles. The zero-order valence-electron chi connectivity index (χ0n) is 19.1. The van der Waals surface area contributed by atoms with Crippen LogP contribution in [0.5, 0.6) is 0 Å². The first kappa shape index (κ1) is 23.8. The Morgan fingerprint density at radius 2 is 1.88 bits per heavy atom. The number of piperazine rings is 1. The van der Waals surface area contributed by atoms with E-state index >= 15 is 0 Å². The van der Waals surface area contributed by atoms with Gasteiger partial charge in [-0.25, -0.2) is 9.78 Å². The monoisotopic (exact) mass is 477 g/mol. The lowest BCUT2D eigenvalue weighted by Crippen LogP contribution is -2.54. The minimum atomic E-state index is -3.49. The van der Waals surface area contributed by atoms with Gasteiger partial charge in [0.15, 0.2) is 0 Å². The van der Waals surface area contributed by atoms with Gasteiger partial charge in [0.1, 0.15) is 5.82 Å². The van der Waals surface area contributed by atoms with Gasteiger partial charge in [0.25, 0.3) is 15.8 Å². The summed E-state index contributed by atoms with van der Waals surface area (Å²) >= 11 is 0. The van der Waals surface area contributed by atoms with Gasteiger partial charge >= 0.3 is 5.97 Å². The molecule has 1 N–H and O–H groups in total. The largest absolute Gasteiger partial charge is 0.465 e. The fourth-order valence-electron chi connectivity index (χ4n) is 4.65. The van der Waals surface area contributed by atoms with Gasteiger partial charge < -0.3 is 9.72 Å². The molecule has 1 aliphatic carbocycles. The molecule has 0 bridgehead atoms. The normalized spacial score (nSPS) is 19.2. The van der Waals surface area contributed by atoms with Crippen LogP contribution in [0.25, 0.3) is 10.9 Å². The molecule has 1 aromatic carbocycles. The van der Waals surface area contributed by atoms with Gasteiger partial charge in [-0.3, -0.25) is 9.69 Å². The Labute approximate surface area is 193 Å². The van der Waals surface area contributed by atoms with Crippen molar-refractivity contribution in [2.45, 2.75) is 44.7 Å². The Balaban J connectivity index is 1.42. The average Bonchev–Trinajstić information content (AvgIpc) is 2.83. The number of benzene rings is 1. The van der Waals surface area contributed by atoms with Crippen molar-refractivity contribution in [2.24, 2.45) is 0 Å². The van der Waals surface area contributed by atoms with E-state index in [4.69, 9.17) is 4.74 Å². The molecule has 33 heavy (non-hydrogen) atoms. The molecule has 0 unspecified atom stereocenters. The number of methoxy groups -OCH3 is 1. The van der Waals surface area contributed by atoms with E-state index in [9.17, 15) is 18.0 Å². The number of esters is 1. The van der Waals surface area contributed by atoms with Crippen molar-refractivity contribution in [1.82, 2.24) is 23.5 Å². The van der Waals surface area contributed by atoms with Crippen molar-refractivity contribution >= 4 is 27.1 Å². The van der Waals surface area contributed by atoms with Crippen molar-refractivity contribution in [3.8, 4) is 0 Å². The van der Waals surface area contributed by atoms with E-state index in [0.29, 0.717) is 55.0 Å². The summed E-state index contributed by atoms with van der Waals surface area (Å²) in [5.41, 5.74) is 0.476. The van der Waals surface area contributed by atoms with Gasteiger partial charge in [-0.15, -0.1) is 0 Å². The third kappa shape index (κ3) is 5.11. The number of fused-ring (bicyclic) bond motifs is 1. The number of carbonyl (C=O) groups excluding carboxylic acids is 1. The molecule has 2 heterocycles. The predicted molar refractivity (Wildman–Crippen MR) is 124 cm³/mol. The van der Waals surface area contributed by atoms with Crippen molar-refractivity contribution in [1.29, 1.82) is 0 Å². The summed E-state index contributed by atoms with van der Waals surface area (Å²) in [5.74, 6) is -0.0128. The van der Waals surface area contributed by atoms with Crippen molar-refractivity contribution in [2.75, 3.05) is 40.3 Å². The highest BCUT2D eigenvalue weighted by atomic mass is 32.2. The van der Waals surface area contributed by atoms with E-state index in [1.165, 1.54) is 19.6 Å². The molecule has 0 atom stereocenters. The number of hydrogen-bond donors (Lipinski definition) is 1. The first-order valence-corrected chi connectivity index (χ1v) is 12.8. The smallest absolute Gasteiger partial charge is 0.337 e. The van der Waals surface area contributed by atoms with E-state index in [1.807, 2.05) is 0 Å². The summed E-state index contributed by atoms with van der Waals surface area (Å²) in [6, 6.07) is 4.73. The molecule has 10 nitrogen and oxygen atoms in total. The average molecular weight is 478 g/mol. The number of aromatic amines is 1. The number of aromatic nitrogens is 2. The summed E-state index contributed by atoms with van der Waals surface area (Å²) in [6.45, 7) is 2.26. The lowest BCUT2D eigenvalue weighted by atomic mass is 9.96. The van der Waals surface area contributed by atoms with Crippen LogP contribution in [0.3, 0.4) is 0 Å². The first-order valence-electron chi connectivity index (χ1n) is 11.4. The maximum atomic E-state index is 13.1.